The summed E-state index contributed by atoms with van der Waals surface area (Å²) >= 11 is 0. The van der Waals surface area contributed by atoms with Gasteiger partial charge in [-0.2, -0.15) is 10.4 Å². The van der Waals surface area contributed by atoms with Crippen LogP contribution in [0.4, 0.5) is 0 Å². The van der Waals surface area contributed by atoms with E-state index in [1.165, 1.54) is 0 Å². The van der Waals surface area contributed by atoms with Crippen LogP contribution in [0, 0.1) is 18.3 Å². The van der Waals surface area contributed by atoms with Crippen LogP contribution in [0.2, 0.25) is 0 Å². The predicted octanol–water partition coefficient (Wildman–Crippen LogP) is 6.10. The number of hydrogen-bond donors (Lipinski definition) is 0. The van der Waals surface area contributed by atoms with E-state index in [-0.39, 0.29) is 17.7 Å². The average molecular weight is 603 g/mol. The number of aryl methyl sites for hydroxylation is 1. The number of benzene rings is 3. The maximum absolute atomic E-state index is 14.0. The predicted molar refractivity (Wildman–Crippen MR) is 171 cm³/mol. The Morgan fingerprint density at radius 1 is 0.911 bits per heavy atom. The summed E-state index contributed by atoms with van der Waals surface area (Å²) in [6, 6.07) is 23.0. The first-order valence-corrected chi connectivity index (χ1v) is 14.6. The van der Waals surface area contributed by atoms with Crippen molar-refractivity contribution in [3.05, 3.63) is 106 Å². The molecule has 2 amide bonds. The maximum Gasteiger partial charge on any atom is 0.271 e. The van der Waals surface area contributed by atoms with Crippen LogP contribution >= 0.6 is 0 Å². The average Bonchev–Trinajstić information content (AvgIpc) is 3.48. The van der Waals surface area contributed by atoms with Crippen molar-refractivity contribution in [3.63, 3.8) is 0 Å². The Balaban J connectivity index is 1.57. The molecule has 5 rings (SSSR count). The highest BCUT2D eigenvalue weighted by atomic mass is 16.5. The monoisotopic (exact) mass is 602 g/mol. The van der Waals surface area contributed by atoms with E-state index in [2.05, 4.69) is 0 Å². The van der Waals surface area contributed by atoms with Crippen molar-refractivity contribution in [2.45, 2.75) is 27.2 Å². The van der Waals surface area contributed by atoms with E-state index in [1.807, 2.05) is 86.8 Å². The molecule has 0 unspecified atom stereocenters. The van der Waals surface area contributed by atoms with Gasteiger partial charge in [-0.3, -0.25) is 14.5 Å². The fourth-order valence-electron chi connectivity index (χ4n) is 5.31. The maximum atomic E-state index is 14.0. The van der Waals surface area contributed by atoms with Gasteiger partial charge < -0.3 is 14.2 Å². The van der Waals surface area contributed by atoms with Crippen molar-refractivity contribution in [1.82, 2.24) is 14.7 Å². The molecule has 9 heteroatoms. The second kappa shape index (κ2) is 13.3. The zero-order valence-electron chi connectivity index (χ0n) is 26.0. The molecule has 0 N–H and O–H groups in total. The van der Waals surface area contributed by atoms with E-state index >= 15 is 0 Å². The molecular weight excluding hydrogens is 568 g/mol. The van der Waals surface area contributed by atoms with Crippen LogP contribution in [0.25, 0.3) is 23.0 Å². The Morgan fingerprint density at radius 2 is 1.64 bits per heavy atom. The lowest BCUT2D eigenvalue weighted by molar-refractivity contribution is -0.140. The number of amides is 2. The van der Waals surface area contributed by atoms with Crippen molar-refractivity contribution >= 4 is 17.9 Å². The van der Waals surface area contributed by atoms with Gasteiger partial charge in [-0.05, 0) is 92.4 Å². The molecule has 0 saturated carbocycles. The lowest BCUT2D eigenvalue weighted by Crippen LogP contribution is -2.43. The van der Waals surface area contributed by atoms with Gasteiger partial charge in [0.05, 0.1) is 32.2 Å². The molecule has 0 atom stereocenters. The van der Waals surface area contributed by atoms with Crippen LogP contribution in [0.3, 0.4) is 0 Å². The van der Waals surface area contributed by atoms with Crippen molar-refractivity contribution in [2.24, 2.45) is 0 Å². The number of rotatable bonds is 10. The summed E-state index contributed by atoms with van der Waals surface area (Å²) in [6.45, 7) is 6.18. The molecule has 0 saturated heterocycles. The largest absolute Gasteiger partial charge is 0.494 e. The third-order valence-corrected chi connectivity index (χ3v) is 7.71. The topological polar surface area (TPSA) is 107 Å². The van der Waals surface area contributed by atoms with Crippen LogP contribution < -0.4 is 14.2 Å². The summed E-state index contributed by atoms with van der Waals surface area (Å²) in [5.41, 5.74) is 5.31. The Labute approximate surface area is 262 Å². The second-order valence-electron chi connectivity index (χ2n) is 10.5. The highest BCUT2D eigenvalue weighted by Gasteiger charge is 2.35. The van der Waals surface area contributed by atoms with E-state index in [0.717, 1.165) is 33.0 Å². The van der Waals surface area contributed by atoms with Crippen molar-refractivity contribution in [1.29, 1.82) is 5.26 Å². The summed E-state index contributed by atoms with van der Waals surface area (Å²) in [4.78, 5) is 28.4. The van der Waals surface area contributed by atoms with Crippen LogP contribution in [0.15, 0.2) is 89.6 Å². The van der Waals surface area contributed by atoms with Crippen LogP contribution in [-0.2, 0) is 16.0 Å². The molecular formula is C36H34N4O5. The number of imide groups is 1. The van der Waals surface area contributed by atoms with E-state index in [1.54, 1.807) is 38.0 Å². The standard InChI is InChI=1S/C36H34N4O5/c1-6-45-31-15-13-26(18-23(31)2)34-27(22-40(38-34)28-10-8-7-9-11-28)20-29-24(3)30(21-37)36(42)39(35(29)41)17-16-25-12-14-32(43-4)33(19-25)44-5/h7-15,18-20,22H,6,16-17H2,1-5H3/b29-20+. The van der Waals surface area contributed by atoms with Crippen molar-refractivity contribution < 1.29 is 23.8 Å². The number of carbonyl (C=O) groups excluding carboxylic acids is 2. The van der Waals surface area contributed by atoms with E-state index in [4.69, 9.17) is 19.3 Å². The summed E-state index contributed by atoms with van der Waals surface area (Å²) in [7, 11) is 3.10. The molecule has 0 radical (unpaired) electrons. The first kappa shape index (κ1) is 30.8. The molecule has 3 aromatic carbocycles. The second-order valence-corrected chi connectivity index (χ2v) is 10.5. The van der Waals surface area contributed by atoms with Crippen LogP contribution in [-0.4, -0.2) is 53.9 Å². The van der Waals surface area contributed by atoms with E-state index in [9.17, 15) is 14.9 Å². The van der Waals surface area contributed by atoms with Gasteiger partial charge in [0.15, 0.2) is 11.5 Å². The quantitative estimate of drug-likeness (QED) is 0.160. The molecule has 1 aliphatic heterocycles. The third-order valence-electron chi connectivity index (χ3n) is 7.71. The molecule has 9 nitrogen and oxygen atoms in total. The number of para-hydroxylation sites is 1. The molecule has 45 heavy (non-hydrogen) atoms. The van der Waals surface area contributed by atoms with E-state index in [0.29, 0.717) is 41.4 Å². The van der Waals surface area contributed by atoms with Gasteiger partial charge in [-0.15, -0.1) is 0 Å². The number of ether oxygens (including phenoxy) is 3. The van der Waals surface area contributed by atoms with Gasteiger partial charge in [-0.1, -0.05) is 24.3 Å². The summed E-state index contributed by atoms with van der Waals surface area (Å²) in [6.07, 6.45) is 3.93. The van der Waals surface area contributed by atoms with Gasteiger partial charge in [0.25, 0.3) is 11.8 Å². The van der Waals surface area contributed by atoms with Crippen molar-refractivity contribution in [2.75, 3.05) is 27.4 Å². The molecule has 1 aliphatic rings. The summed E-state index contributed by atoms with van der Waals surface area (Å²) < 4.78 is 18.2. The van der Waals surface area contributed by atoms with Gasteiger partial charge in [0, 0.05) is 29.4 Å². The van der Waals surface area contributed by atoms with Crippen molar-refractivity contribution in [3.8, 4) is 40.3 Å². The molecule has 0 spiro atoms. The van der Waals surface area contributed by atoms with Gasteiger partial charge >= 0.3 is 0 Å². The first-order chi connectivity index (χ1) is 21.8. The molecule has 0 bridgehead atoms. The van der Waals surface area contributed by atoms with Gasteiger partial charge in [0.2, 0.25) is 0 Å². The Morgan fingerprint density at radius 3 is 2.31 bits per heavy atom. The normalized spacial score (nSPS) is 14.1. The minimum atomic E-state index is -0.611. The Hall–Kier alpha value is -5.62. The fraction of sp³-hybridized carbons (Fsp3) is 0.222. The molecule has 0 aliphatic carbocycles. The molecule has 2 heterocycles. The van der Waals surface area contributed by atoms with Crippen LogP contribution in [0.1, 0.15) is 30.5 Å². The van der Waals surface area contributed by atoms with Gasteiger partial charge in [-0.25, -0.2) is 4.68 Å². The Bertz CT molecular complexity index is 1860. The highest BCUT2D eigenvalue weighted by molar-refractivity contribution is 6.19. The summed E-state index contributed by atoms with van der Waals surface area (Å²) in [5, 5.41) is 14.9. The highest BCUT2D eigenvalue weighted by Crippen LogP contribution is 2.33. The lowest BCUT2D eigenvalue weighted by Gasteiger charge is -2.27. The number of aromatic nitrogens is 2. The molecule has 0 fully saturated rings. The SMILES string of the molecule is CCOc1ccc(-c2nn(-c3ccccc3)cc2/C=C2/C(=O)N(CCc3ccc(OC)c(OC)c3)C(=O)C(C#N)=C2C)cc1C. The molecule has 4 aromatic rings. The number of hydrogen-bond acceptors (Lipinski definition) is 7. The lowest BCUT2D eigenvalue weighted by atomic mass is 9.93. The fourth-order valence-corrected chi connectivity index (χ4v) is 5.31. The molecule has 1 aromatic heterocycles. The minimum absolute atomic E-state index is 0.0675. The summed E-state index contributed by atoms with van der Waals surface area (Å²) in [5.74, 6) is 0.828. The van der Waals surface area contributed by atoms with Crippen LogP contribution in [0.5, 0.6) is 17.2 Å². The zero-order valence-corrected chi connectivity index (χ0v) is 26.0. The number of carbonyl (C=O) groups is 2. The number of nitrogens with zero attached hydrogens (tertiary/aromatic N) is 4. The minimum Gasteiger partial charge on any atom is -0.494 e. The van der Waals surface area contributed by atoms with E-state index < -0.39 is 11.8 Å². The third kappa shape index (κ3) is 6.22. The number of nitriles is 1. The van der Waals surface area contributed by atoms with Gasteiger partial charge in [0.1, 0.15) is 17.4 Å². The molecule has 228 valence electrons. The zero-order chi connectivity index (χ0) is 32.1. The number of methoxy groups -OCH3 is 2. The smallest absolute Gasteiger partial charge is 0.271 e. The Kier molecular flexibility index (Phi) is 9.14. The first-order valence-electron chi connectivity index (χ1n) is 14.6.